The summed E-state index contributed by atoms with van der Waals surface area (Å²) in [6.45, 7) is 1.87. The third kappa shape index (κ3) is 2.71. The van der Waals surface area contributed by atoms with Crippen LogP contribution in [0.2, 0.25) is 5.02 Å². The topological polar surface area (TPSA) is 37.4 Å². The Morgan fingerprint density at radius 3 is 1.69 bits per heavy atom. The van der Waals surface area contributed by atoms with E-state index in [4.69, 9.17) is 11.6 Å². The fourth-order valence-corrected chi connectivity index (χ4v) is 3.43. The molecule has 1 aliphatic heterocycles. The molecule has 3 aromatic rings. The zero-order valence-corrected chi connectivity index (χ0v) is 14.9. The van der Waals surface area contributed by atoms with E-state index in [0.29, 0.717) is 16.1 Å². The molecular formula is C22H16ClNO2. The van der Waals surface area contributed by atoms with Gasteiger partial charge in [0.25, 0.3) is 11.8 Å². The maximum Gasteiger partial charge on any atom is 0.262 e. The molecule has 0 saturated carbocycles. The maximum absolute atomic E-state index is 12.6. The van der Waals surface area contributed by atoms with Crippen LogP contribution in [0.3, 0.4) is 0 Å². The number of benzene rings is 3. The molecule has 3 nitrogen and oxygen atoms in total. The van der Waals surface area contributed by atoms with E-state index in [1.165, 1.54) is 4.90 Å². The van der Waals surface area contributed by atoms with Crippen LogP contribution < -0.4 is 0 Å². The van der Waals surface area contributed by atoms with Gasteiger partial charge in [-0.2, -0.15) is 0 Å². The van der Waals surface area contributed by atoms with Gasteiger partial charge in [-0.05, 0) is 47.9 Å². The highest BCUT2D eigenvalue weighted by Crippen LogP contribution is 2.32. The lowest BCUT2D eigenvalue weighted by Crippen LogP contribution is -2.32. The van der Waals surface area contributed by atoms with Crippen molar-refractivity contribution >= 4 is 23.4 Å². The second-order valence-corrected chi connectivity index (χ2v) is 6.77. The van der Waals surface area contributed by atoms with Crippen molar-refractivity contribution in [3.8, 4) is 11.1 Å². The van der Waals surface area contributed by atoms with Crippen LogP contribution in [0, 0.1) is 0 Å². The van der Waals surface area contributed by atoms with Crippen LogP contribution in [0.1, 0.15) is 39.2 Å². The number of carbonyl (C=O) groups excluding carboxylic acids is 2. The number of amides is 2. The lowest BCUT2D eigenvalue weighted by atomic mass is 10.0. The quantitative estimate of drug-likeness (QED) is 0.588. The van der Waals surface area contributed by atoms with Crippen molar-refractivity contribution in [1.82, 2.24) is 4.90 Å². The van der Waals surface area contributed by atoms with Crippen molar-refractivity contribution in [1.29, 1.82) is 0 Å². The highest BCUT2D eigenvalue weighted by molar-refractivity contribution is 6.30. The lowest BCUT2D eigenvalue weighted by molar-refractivity contribution is 0.0595. The molecule has 128 valence electrons. The molecule has 0 aliphatic carbocycles. The van der Waals surface area contributed by atoms with E-state index >= 15 is 0 Å². The Kier molecular flexibility index (Phi) is 4.09. The molecule has 1 unspecified atom stereocenters. The number of imide groups is 1. The van der Waals surface area contributed by atoms with Gasteiger partial charge in [0.05, 0.1) is 17.2 Å². The van der Waals surface area contributed by atoms with E-state index < -0.39 is 0 Å². The Balaban J connectivity index is 1.61. The number of carbonyl (C=O) groups is 2. The van der Waals surface area contributed by atoms with E-state index in [1.54, 1.807) is 24.3 Å². The van der Waals surface area contributed by atoms with Gasteiger partial charge in [0, 0.05) is 5.02 Å². The molecule has 0 radical (unpaired) electrons. The summed E-state index contributed by atoms with van der Waals surface area (Å²) in [4.78, 5) is 26.6. The first-order valence-corrected chi connectivity index (χ1v) is 8.77. The highest BCUT2D eigenvalue weighted by Gasteiger charge is 2.38. The summed E-state index contributed by atoms with van der Waals surface area (Å²) < 4.78 is 0. The van der Waals surface area contributed by atoms with Gasteiger partial charge < -0.3 is 0 Å². The molecule has 0 aromatic heterocycles. The Morgan fingerprint density at radius 1 is 0.731 bits per heavy atom. The minimum atomic E-state index is -0.332. The highest BCUT2D eigenvalue weighted by atomic mass is 35.5. The van der Waals surface area contributed by atoms with Crippen molar-refractivity contribution < 1.29 is 9.59 Å². The first kappa shape index (κ1) is 16.6. The van der Waals surface area contributed by atoms with E-state index in [9.17, 15) is 9.59 Å². The number of rotatable bonds is 3. The monoisotopic (exact) mass is 361 g/mol. The molecule has 1 aliphatic rings. The fraction of sp³-hybridized carbons (Fsp3) is 0.0909. The Bertz CT molecular complexity index is 958. The molecule has 4 rings (SSSR count). The Morgan fingerprint density at radius 2 is 1.19 bits per heavy atom. The molecule has 0 fully saturated rings. The van der Waals surface area contributed by atoms with Crippen molar-refractivity contribution in [2.45, 2.75) is 13.0 Å². The van der Waals surface area contributed by atoms with Crippen molar-refractivity contribution in [2.75, 3.05) is 0 Å². The largest absolute Gasteiger partial charge is 0.269 e. The number of nitrogens with zero attached hydrogens (tertiary/aromatic N) is 1. The van der Waals surface area contributed by atoms with Gasteiger partial charge in [0.15, 0.2) is 0 Å². The maximum atomic E-state index is 12.6. The minimum Gasteiger partial charge on any atom is -0.269 e. The summed E-state index contributed by atoms with van der Waals surface area (Å²) in [6, 6.07) is 22.2. The van der Waals surface area contributed by atoms with E-state index in [2.05, 4.69) is 0 Å². The summed E-state index contributed by atoms with van der Waals surface area (Å²) in [5, 5.41) is 0.699. The van der Waals surface area contributed by atoms with Gasteiger partial charge >= 0.3 is 0 Å². The average Bonchev–Trinajstić information content (AvgIpc) is 2.93. The molecule has 1 atom stereocenters. The molecule has 2 amide bonds. The molecule has 1 heterocycles. The normalized spacial score (nSPS) is 14.5. The Hall–Kier alpha value is -2.91. The number of hydrogen-bond acceptors (Lipinski definition) is 2. The van der Waals surface area contributed by atoms with E-state index in [0.717, 1.165) is 16.7 Å². The third-order valence-electron chi connectivity index (χ3n) is 4.78. The van der Waals surface area contributed by atoms with Crippen LogP contribution in [-0.4, -0.2) is 16.7 Å². The van der Waals surface area contributed by atoms with Crippen LogP contribution in [0.5, 0.6) is 0 Å². The van der Waals surface area contributed by atoms with Crippen molar-refractivity contribution in [3.05, 3.63) is 94.5 Å². The molecule has 0 N–H and O–H groups in total. The van der Waals surface area contributed by atoms with Gasteiger partial charge in [0.1, 0.15) is 0 Å². The van der Waals surface area contributed by atoms with Crippen LogP contribution in [0.25, 0.3) is 11.1 Å². The lowest BCUT2D eigenvalue weighted by Gasteiger charge is -2.23. The summed E-state index contributed by atoms with van der Waals surface area (Å²) >= 11 is 5.93. The summed E-state index contributed by atoms with van der Waals surface area (Å²) in [5.74, 6) is -0.472. The molecular weight excluding hydrogens is 346 g/mol. The zero-order valence-electron chi connectivity index (χ0n) is 14.1. The van der Waals surface area contributed by atoms with Gasteiger partial charge in [0.2, 0.25) is 0 Å². The zero-order chi connectivity index (χ0) is 18.3. The van der Waals surface area contributed by atoms with E-state index in [-0.39, 0.29) is 17.9 Å². The van der Waals surface area contributed by atoms with Crippen LogP contribution in [0.15, 0.2) is 72.8 Å². The molecule has 26 heavy (non-hydrogen) atoms. The molecule has 0 saturated heterocycles. The minimum absolute atomic E-state index is 0.236. The van der Waals surface area contributed by atoms with Crippen LogP contribution in [-0.2, 0) is 0 Å². The summed E-state index contributed by atoms with van der Waals surface area (Å²) in [7, 11) is 0. The third-order valence-corrected chi connectivity index (χ3v) is 5.04. The number of halogens is 1. The van der Waals surface area contributed by atoms with Gasteiger partial charge in [-0.25, -0.2) is 0 Å². The number of fused-ring (bicyclic) bond motifs is 1. The van der Waals surface area contributed by atoms with E-state index in [1.807, 2.05) is 55.5 Å². The van der Waals surface area contributed by atoms with Crippen molar-refractivity contribution in [2.24, 2.45) is 0 Å². The summed E-state index contributed by atoms with van der Waals surface area (Å²) in [5.41, 5.74) is 3.98. The summed E-state index contributed by atoms with van der Waals surface area (Å²) in [6.07, 6.45) is 0. The fourth-order valence-electron chi connectivity index (χ4n) is 3.31. The van der Waals surface area contributed by atoms with Gasteiger partial charge in [-0.15, -0.1) is 0 Å². The van der Waals surface area contributed by atoms with Crippen molar-refractivity contribution in [3.63, 3.8) is 0 Å². The van der Waals surface area contributed by atoms with Crippen LogP contribution >= 0.6 is 11.6 Å². The smallest absolute Gasteiger partial charge is 0.262 e. The molecule has 3 aromatic carbocycles. The predicted octanol–water partition coefficient (Wildman–Crippen LogP) is 5.36. The second kappa shape index (κ2) is 6.43. The van der Waals surface area contributed by atoms with Gasteiger partial charge in [-0.1, -0.05) is 60.1 Å². The average molecular weight is 362 g/mol. The second-order valence-electron chi connectivity index (χ2n) is 6.33. The first-order valence-electron chi connectivity index (χ1n) is 8.39. The van der Waals surface area contributed by atoms with Crippen LogP contribution in [0.4, 0.5) is 0 Å². The van der Waals surface area contributed by atoms with Gasteiger partial charge in [-0.3, -0.25) is 14.5 Å². The standard InChI is InChI=1S/C22H16ClNO2/c1-14(24-21(25)19-4-2-3-5-20(19)22(24)26)15-6-8-16(9-7-15)17-10-12-18(23)13-11-17/h2-14H,1H3. The molecule has 0 bridgehead atoms. The Labute approximate surface area is 156 Å². The first-order chi connectivity index (χ1) is 12.6. The molecule has 0 spiro atoms. The number of hydrogen-bond donors (Lipinski definition) is 0. The predicted molar refractivity (Wildman–Crippen MR) is 102 cm³/mol. The SMILES string of the molecule is CC(c1ccc(-c2ccc(Cl)cc2)cc1)N1C(=O)c2ccccc2C1=O. The molecule has 4 heteroatoms.